The third-order valence-electron chi connectivity index (χ3n) is 8.19. The van der Waals surface area contributed by atoms with E-state index in [9.17, 15) is 5.11 Å². The maximum absolute atomic E-state index is 11.5. The Morgan fingerprint density at radius 1 is 1.27 bits per heavy atom. The second-order valence-electron chi connectivity index (χ2n) is 9.02. The standard InChI is InChI=1S/C24H34O2/c1-4-12-23-14-10-20-19-9-7-18(26-3)16-17(19)6-8-21(20)22(23)11-15-24(23,25)13-5-2/h7,20-22,25H,4,6,8-12,14-16H2,1-3H3/t20-,21-,22+,23+,24+/m1/s1. The van der Waals surface area contributed by atoms with E-state index in [2.05, 4.69) is 24.8 Å². The molecular formula is C24H34O2. The van der Waals surface area contributed by atoms with Crippen molar-refractivity contribution in [2.75, 3.05) is 7.11 Å². The molecule has 0 saturated heterocycles. The Kier molecular flexibility index (Phi) is 4.72. The smallest absolute Gasteiger partial charge is 0.131 e. The van der Waals surface area contributed by atoms with Crippen LogP contribution in [-0.4, -0.2) is 17.8 Å². The van der Waals surface area contributed by atoms with Crippen LogP contribution < -0.4 is 0 Å². The first kappa shape index (κ1) is 18.2. The Balaban J connectivity index is 1.65. The molecule has 4 rings (SSSR count). The molecule has 0 aromatic carbocycles. The van der Waals surface area contributed by atoms with Crippen molar-refractivity contribution in [1.29, 1.82) is 0 Å². The number of rotatable bonds is 3. The molecule has 4 aliphatic rings. The lowest BCUT2D eigenvalue weighted by Gasteiger charge is -2.54. The van der Waals surface area contributed by atoms with E-state index in [4.69, 9.17) is 4.74 Å². The molecule has 1 N–H and O–H groups in total. The van der Waals surface area contributed by atoms with Crippen molar-refractivity contribution >= 4 is 0 Å². The molecule has 2 heteroatoms. The highest BCUT2D eigenvalue weighted by atomic mass is 16.5. The minimum atomic E-state index is -0.752. The molecule has 0 spiro atoms. The number of hydrogen-bond donors (Lipinski definition) is 1. The minimum absolute atomic E-state index is 0.0339. The highest BCUT2D eigenvalue weighted by Crippen LogP contribution is 2.66. The maximum Gasteiger partial charge on any atom is 0.131 e. The lowest BCUT2D eigenvalue weighted by molar-refractivity contribution is -0.0888. The third kappa shape index (κ3) is 2.50. The highest BCUT2D eigenvalue weighted by molar-refractivity contribution is 5.34. The van der Waals surface area contributed by atoms with Gasteiger partial charge < -0.3 is 9.84 Å². The van der Waals surface area contributed by atoms with Gasteiger partial charge in [0, 0.05) is 11.8 Å². The summed E-state index contributed by atoms with van der Waals surface area (Å²) in [4.78, 5) is 0. The van der Waals surface area contributed by atoms with Gasteiger partial charge in [-0.1, -0.05) is 30.4 Å². The van der Waals surface area contributed by atoms with Crippen molar-refractivity contribution in [3.05, 3.63) is 23.0 Å². The Hall–Kier alpha value is -1.20. The van der Waals surface area contributed by atoms with Crippen LogP contribution in [0.3, 0.4) is 0 Å². The van der Waals surface area contributed by atoms with Crippen molar-refractivity contribution in [1.82, 2.24) is 0 Å². The first-order chi connectivity index (χ1) is 12.6. The quantitative estimate of drug-likeness (QED) is 0.545. The number of aliphatic hydroxyl groups is 1. The zero-order valence-corrected chi connectivity index (χ0v) is 16.7. The zero-order chi connectivity index (χ0) is 18.4. The van der Waals surface area contributed by atoms with Gasteiger partial charge in [-0.05, 0) is 82.1 Å². The number of hydrogen-bond acceptors (Lipinski definition) is 2. The molecular weight excluding hydrogens is 320 g/mol. The summed E-state index contributed by atoms with van der Waals surface area (Å²) in [5, 5.41) is 11.5. The molecule has 0 unspecified atom stereocenters. The average molecular weight is 355 g/mol. The Morgan fingerprint density at radius 2 is 2.12 bits per heavy atom. The predicted octanol–water partition coefficient (Wildman–Crippen LogP) is 5.38. The van der Waals surface area contributed by atoms with Crippen molar-refractivity contribution in [2.24, 2.45) is 23.2 Å². The molecule has 0 amide bonds. The van der Waals surface area contributed by atoms with Crippen LogP contribution in [0.2, 0.25) is 0 Å². The van der Waals surface area contributed by atoms with Crippen LogP contribution >= 0.6 is 0 Å². The molecule has 2 saturated carbocycles. The molecule has 2 fully saturated rings. The SMILES string of the molecule is CC#C[C@]1(O)CC[C@H]2[C@@H]3CCC4=C(CC=C(OC)C4)[C@H]3CC[C@@]21CCC. The van der Waals surface area contributed by atoms with Crippen molar-refractivity contribution in [3.63, 3.8) is 0 Å². The van der Waals surface area contributed by atoms with Crippen LogP contribution in [0.5, 0.6) is 0 Å². The Bertz CT molecular complexity index is 691. The molecule has 0 radical (unpaired) electrons. The van der Waals surface area contributed by atoms with Crippen LogP contribution in [0.4, 0.5) is 0 Å². The summed E-state index contributed by atoms with van der Waals surface area (Å²) in [7, 11) is 1.80. The summed E-state index contributed by atoms with van der Waals surface area (Å²) in [6.07, 6.45) is 13.7. The fraction of sp³-hybridized carbons (Fsp3) is 0.750. The van der Waals surface area contributed by atoms with E-state index < -0.39 is 5.60 Å². The van der Waals surface area contributed by atoms with Crippen LogP contribution in [0, 0.1) is 35.0 Å². The van der Waals surface area contributed by atoms with Gasteiger partial charge in [-0.3, -0.25) is 0 Å². The first-order valence-electron chi connectivity index (χ1n) is 10.7. The molecule has 0 aliphatic heterocycles. The zero-order valence-electron chi connectivity index (χ0n) is 16.7. The van der Waals surface area contributed by atoms with Crippen molar-refractivity contribution in [3.8, 4) is 11.8 Å². The van der Waals surface area contributed by atoms with E-state index in [0.717, 1.165) is 62.5 Å². The third-order valence-corrected chi connectivity index (χ3v) is 8.19. The van der Waals surface area contributed by atoms with Gasteiger partial charge in [0.15, 0.2) is 0 Å². The normalized spacial score (nSPS) is 41.4. The molecule has 0 aromatic rings. The van der Waals surface area contributed by atoms with E-state index >= 15 is 0 Å². The monoisotopic (exact) mass is 354 g/mol. The van der Waals surface area contributed by atoms with Crippen LogP contribution in [0.1, 0.15) is 78.1 Å². The second kappa shape index (κ2) is 6.75. The van der Waals surface area contributed by atoms with Gasteiger partial charge in [-0.15, -0.1) is 5.92 Å². The second-order valence-corrected chi connectivity index (χ2v) is 9.02. The first-order valence-corrected chi connectivity index (χ1v) is 10.7. The van der Waals surface area contributed by atoms with E-state index in [1.807, 2.05) is 6.92 Å². The number of methoxy groups -OCH3 is 1. The van der Waals surface area contributed by atoms with Crippen LogP contribution in [-0.2, 0) is 4.74 Å². The fourth-order valence-electron chi connectivity index (χ4n) is 7.24. The maximum atomic E-state index is 11.5. The van der Waals surface area contributed by atoms with Crippen molar-refractivity contribution < 1.29 is 9.84 Å². The summed E-state index contributed by atoms with van der Waals surface area (Å²) in [6, 6.07) is 0. The highest BCUT2D eigenvalue weighted by Gasteiger charge is 2.63. The van der Waals surface area contributed by atoms with E-state index in [1.54, 1.807) is 18.3 Å². The summed E-state index contributed by atoms with van der Waals surface area (Å²) >= 11 is 0. The summed E-state index contributed by atoms with van der Waals surface area (Å²) in [6.45, 7) is 4.16. The lowest BCUT2D eigenvalue weighted by Crippen LogP contribution is -2.52. The Morgan fingerprint density at radius 3 is 2.85 bits per heavy atom. The summed E-state index contributed by atoms with van der Waals surface area (Å²) in [5.41, 5.74) is 2.67. The van der Waals surface area contributed by atoms with Crippen molar-refractivity contribution in [2.45, 2.75) is 83.7 Å². The Labute approximate surface area is 159 Å². The fourth-order valence-corrected chi connectivity index (χ4v) is 7.24. The largest absolute Gasteiger partial charge is 0.501 e. The molecule has 26 heavy (non-hydrogen) atoms. The predicted molar refractivity (Wildman–Crippen MR) is 105 cm³/mol. The lowest BCUT2D eigenvalue weighted by atomic mass is 9.51. The topological polar surface area (TPSA) is 29.5 Å². The molecule has 0 heterocycles. The van der Waals surface area contributed by atoms with Gasteiger partial charge in [0.25, 0.3) is 0 Å². The van der Waals surface area contributed by atoms with E-state index in [-0.39, 0.29) is 5.41 Å². The molecule has 142 valence electrons. The molecule has 5 atom stereocenters. The minimum Gasteiger partial charge on any atom is -0.501 e. The van der Waals surface area contributed by atoms with Gasteiger partial charge in [-0.2, -0.15) is 0 Å². The van der Waals surface area contributed by atoms with Crippen LogP contribution in [0.15, 0.2) is 23.0 Å². The van der Waals surface area contributed by atoms with Gasteiger partial charge >= 0.3 is 0 Å². The number of ether oxygens (including phenoxy) is 1. The van der Waals surface area contributed by atoms with Gasteiger partial charge in [0.05, 0.1) is 12.9 Å². The number of fused-ring (bicyclic) bond motifs is 4. The van der Waals surface area contributed by atoms with Crippen LogP contribution in [0.25, 0.3) is 0 Å². The van der Waals surface area contributed by atoms with Gasteiger partial charge in [-0.25, -0.2) is 0 Å². The molecule has 4 aliphatic carbocycles. The molecule has 2 nitrogen and oxygen atoms in total. The molecule has 0 aromatic heterocycles. The average Bonchev–Trinajstić information content (AvgIpc) is 2.94. The summed E-state index contributed by atoms with van der Waals surface area (Å²) in [5.74, 6) is 9.63. The van der Waals surface area contributed by atoms with Gasteiger partial charge in [0.2, 0.25) is 0 Å². The van der Waals surface area contributed by atoms with E-state index in [1.165, 1.54) is 19.3 Å². The summed E-state index contributed by atoms with van der Waals surface area (Å²) < 4.78 is 5.53. The van der Waals surface area contributed by atoms with E-state index in [0.29, 0.717) is 5.92 Å². The number of allylic oxidation sites excluding steroid dienone is 3. The molecule has 0 bridgehead atoms. The van der Waals surface area contributed by atoms with Gasteiger partial charge in [0.1, 0.15) is 5.60 Å².